The topological polar surface area (TPSA) is 36.9 Å². The van der Waals surface area contributed by atoms with Crippen LogP contribution in [0.1, 0.15) is 155 Å². The molecular formula is C32H66O4. The van der Waals surface area contributed by atoms with Gasteiger partial charge < -0.3 is 18.9 Å². The minimum atomic E-state index is -0.0550. The molecule has 0 amide bonds. The van der Waals surface area contributed by atoms with E-state index < -0.39 is 0 Å². The van der Waals surface area contributed by atoms with Gasteiger partial charge in [0.1, 0.15) is 0 Å². The molecule has 0 heterocycles. The van der Waals surface area contributed by atoms with Crippen molar-refractivity contribution in [3.63, 3.8) is 0 Å². The lowest BCUT2D eigenvalue weighted by Gasteiger charge is -2.25. The molecule has 2 atom stereocenters. The first-order chi connectivity index (χ1) is 17.7. The maximum Gasteiger partial charge on any atom is 0.159 e. The van der Waals surface area contributed by atoms with Crippen LogP contribution >= 0.6 is 0 Å². The quantitative estimate of drug-likeness (QED) is 0.0735. The first-order valence-corrected chi connectivity index (χ1v) is 15.8. The minimum Gasteiger partial charge on any atom is -0.356 e. The first-order valence-electron chi connectivity index (χ1n) is 15.8. The molecule has 0 saturated carbocycles. The Kier molecular flexibility index (Phi) is 27.7. The fourth-order valence-electron chi connectivity index (χ4n) is 5.69. The highest BCUT2D eigenvalue weighted by Gasteiger charge is 2.21. The zero-order chi connectivity index (χ0) is 26.7. The van der Waals surface area contributed by atoms with Crippen molar-refractivity contribution < 1.29 is 18.9 Å². The Labute approximate surface area is 227 Å². The first kappa shape index (κ1) is 35.8. The van der Waals surface area contributed by atoms with Crippen molar-refractivity contribution in [1.29, 1.82) is 0 Å². The lowest BCUT2D eigenvalue weighted by Crippen LogP contribution is -2.25. The molecule has 0 saturated heterocycles. The summed E-state index contributed by atoms with van der Waals surface area (Å²) in [5.41, 5.74) is 0. The van der Waals surface area contributed by atoms with Crippen LogP contribution in [0.25, 0.3) is 0 Å². The van der Waals surface area contributed by atoms with E-state index >= 15 is 0 Å². The Balaban J connectivity index is 4.21. The highest BCUT2D eigenvalue weighted by molar-refractivity contribution is 4.67. The molecule has 0 aliphatic rings. The van der Waals surface area contributed by atoms with Gasteiger partial charge in [-0.2, -0.15) is 0 Å². The Morgan fingerprint density at radius 1 is 0.333 bits per heavy atom. The number of hydrogen-bond donors (Lipinski definition) is 0. The molecule has 0 aromatic rings. The van der Waals surface area contributed by atoms with Crippen LogP contribution in [0, 0.1) is 11.8 Å². The molecule has 0 N–H and O–H groups in total. The molecule has 0 aliphatic carbocycles. The van der Waals surface area contributed by atoms with Gasteiger partial charge in [0.2, 0.25) is 0 Å². The summed E-state index contributed by atoms with van der Waals surface area (Å²) in [7, 11) is 7.16. The van der Waals surface area contributed by atoms with Crippen LogP contribution in [0.4, 0.5) is 0 Å². The van der Waals surface area contributed by atoms with Crippen molar-refractivity contribution in [3.8, 4) is 0 Å². The molecule has 0 aliphatic heterocycles. The summed E-state index contributed by atoms with van der Waals surface area (Å²) in [6, 6.07) is 0. The van der Waals surface area contributed by atoms with Gasteiger partial charge in [-0.3, -0.25) is 0 Å². The highest BCUT2D eigenvalue weighted by Crippen LogP contribution is 2.26. The predicted octanol–water partition coefficient (Wildman–Crippen LogP) is 10.1. The second-order valence-corrected chi connectivity index (χ2v) is 11.0. The molecule has 0 aromatic carbocycles. The predicted molar refractivity (Wildman–Crippen MR) is 156 cm³/mol. The number of unbranched alkanes of at least 4 members (excludes halogenated alkanes) is 15. The molecule has 0 spiro atoms. The van der Waals surface area contributed by atoms with E-state index in [0.29, 0.717) is 11.8 Å². The molecule has 218 valence electrons. The fourth-order valence-corrected chi connectivity index (χ4v) is 5.69. The van der Waals surface area contributed by atoms with Gasteiger partial charge in [0, 0.05) is 40.3 Å². The zero-order valence-electron chi connectivity index (χ0n) is 25.5. The van der Waals surface area contributed by atoms with Gasteiger partial charge in [0.25, 0.3) is 0 Å². The molecule has 4 heteroatoms. The maximum atomic E-state index is 5.66. The standard InChI is InChI=1S/C32H66O4/c1-7-9-11-13-15-17-21-25-29(31(33-3)34-4)27-23-19-20-24-28-30(32(35-5)36-6)26-22-18-16-14-12-10-8-2/h29-32H,7-28H2,1-6H3. The lowest BCUT2D eigenvalue weighted by atomic mass is 9.91. The molecule has 36 heavy (non-hydrogen) atoms. The number of methoxy groups -OCH3 is 4. The number of ether oxygens (including phenoxy) is 4. The average Bonchev–Trinajstić information content (AvgIpc) is 2.89. The molecule has 0 bridgehead atoms. The Bertz CT molecular complexity index is 371. The van der Waals surface area contributed by atoms with Crippen molar-refractivity contribution in [2.45, 2.75) is 168 Å². The summed E-state index contributed by atoms with van der Waals surface area (Å²) in [5, 5.41) is 0. The summed E-state index contributed by atoms with van der Waals surface area (Å²) in [6.45, 7) is 4.57. The van der Waals surface area contributed by atoms with Crippen molar-refractivity contribution in [2.24, 2.45) is 11.8 Å². The van der Waals surface area contributed by atoms with Crippen molar-refractivity contribution in [1.82, 2.24) is 0 Å². The van der Waals surface area contributed by atoms with E-state index in [2.05, 4.69) is 13.8 Å². The summed E-state index contributed by atoms with van der Waals surface area (Å²) in [4.78, 5) is 0. The third-order valence-corrected chi connectivity index (χ3v) is 7.96. The van der Waals surface area contributed by atoms with E-state index in [9.17, 15) is 0 Å². The Hall–Kier alpha value is -0.160. The van der Waals surface area contributed by atoms with Gasteiger partial charge in [0.15, 0.2) is 12.6 Å². The summed E-state index contributed by atoms with van der Waals surface area (Å²) < 4.78 is 22.6. The van der Waals surface area contributed by atoms with Crippen molar-refractivity contribution in [2.75, 3.05) is 28.4 Å². The summed E-state index contributed by atoms with van der Waals surface area (Å²) in [5.74, 6) is 1.04. The largest absolute Gasteiger partial charge is 0.356 e. The van der Waals surface area contributed by atoms with Crippen LogP contribution < -0.4 is 0 Å². The van der Waals surface area contributed by atoms with E-state index in [-0.39, 0.29) is 12.6 Å². The van der Waals surface area contributed by atoms with Gasteiger partial charge in [0.05, 0.1) is 0 Å². The van der Waals surface area contributed by atoms with E-state index in [1.807, 2.05) is 0 Å². The van der Waals surface area contributed by atoms with Gasteiger partial charge >= 0.3 is 0 Å². The molecule has 2 unspecified atom stereocenters. The average molecular weight is 515 g/mol. The second-order valence-electron chi connectivity index (χ2n) is 11.0. The third-order valence-electron chi connectivity index (χ3n) is 7.96. The molecule has 0 aromatic heterocycles. The van der Waals surface area contributed by atoms with E-state index in [4.69, 9.17) is 18.9 Å². The van der Waals surface area contributed by atoms with E-state index in [0.717, 1.165) is 0 Å². The zero-order valence-corrected chi connectivity index (χ0v) is 25.5. The Morgan fingerprint density at radius 2 is 0.556 bits per heavy atom. The van der Waals surface area contributed by atoms with Gasteiger partial charge in [-0.25, -0.2) is 0 Å². The SMILES string of the molecule is CCCCCCCCCC(CCCCCCC(CCCCCCCCC)C(OC)OC)C(OC)OC. The normalized spacial score (nSPS) is 13.7. The van der Waals surface area contributed by atoms with Crippen LogP contribution in [-0.4, -0.2) is 41.0 Å². The minimum absolute atomic E-state index is 0.0550. The monoisotopic (exact) mass is 514 g/mol. The second kappa shape index (κ2) is 27.9. The van der Waals surface area contributed by atoms with E-state index in [1.165, 1.54) is 141 Å². The van der Waals surface area contributed by atoms with Crippen LogP contribution in [0.2, 0.25) is 0 Å². The molecule has 0 radical (unpaired) electrons. The van der Waals surface area contributed by atoms with Crippen LogP contribution in [0.5, 0.6) is 0 Å². The fraction of sp³-hybridized carbons (Fsp3) is 1.00. The van der Waals surface area contributed by atoms with Crippen molar-refractivity contribution in [3.05, 3.63) is 0 Å². The van der Waals surface area contributed by atoms with Crippen LogP contribution in [0.15, 0.2) is 0 Å². The number of rotatable bonds is 29. The molecule has 0 rings (SSSR count). The van der Waals surface area contributed by atoms with E-state index in [1.54, 1.807) is 28.4 Å². The molecule has 0 fully saturated rings. The molecule has 4 nitrogen and oxygen atoms in total. The van der Waals surface area contributed by atoms with Gasteiger partial charge in [-0.15, -0.1) is 0 Å². The third kappa shape index (κ3) is 19.9. The lowest BCUT2D eigenvalue weighted by molar-refractivity contribution is -0.141. The Morgan fingerprint density at radius 3 is 0.778 bits per heavy atom. The van der Waals surface area contributed by atoms with Crippen LogP contribution in [0.3, 0.4) is 0 Å². The number of hydrogen-bond acceptors (Lipinski definition) is 4. The maximum absolute atomic E-state index is 5.66. The summed E-state index contributed by atoms with van der Waals surface area (Å²) >= 11 is 0. The van der Waals surface area contributed by atoms with Gasteiger partial charge in [-0.1, -0.05) is 129 Å². The molecular weight excluding hydrogens is 448 g/mol. The van der Waals surface area contributed by atoms with Gasteiger partial charge in [-0.05, 0) is 25.7 Å². The highest BCUT2D eigenvalue weighted by atomic mass is 16.7. The smallest absolute Gasteiger partial charge is 0.159 e. The van der Waals surface area contributed by atoms with Crippen molar-refractivity contribution >= 4 is 0 Å². The summed E-state index contributed by atoms with van der Waals surface area (Å²) in [6.07, 6.45) is 28.9. The van der Waals surface area contributed by atoms with Crippen LogP contribution in [-0.2, 0) is 18.9 Å².